The Morgan fingerprint density at radius 1 is 0.449 bits per heavy atom. The van der Waals surface area contributed by atoms with E-state index in [-0.39, 0.29) is 97.6 Å². The number of hydrogen-bond acceptors (Lipinski definition) is 22. The maximum absolute atomic E-state index is 15.9. The molecule has 4 saturated heterocycles. The highest BCUT2D eigenvalue weighted by Gasteiger charge is 2.62. The first-order valence-electron chi connectivity index (χ1n) is 42.0. The van der Waals surface area contributed by atoms with E-state index in [1.54, 1.807) is 31.6 Å². The minimum Gasteiger partial charge on any atom is -0.497 e. The molecule has 0 unspecified atom stereocenters. The summed E-state index contributed by atoms with van der Waals surface area (Å²) in [5.41, 5.74) is 4.92. The normalized spacial score (nSPS) is 27.2. The van der Waals surface area contributed by atoms with Gasteiger partial charge in [0.05, 0.1) is 77.7 Å². The molecular formula is C91H129NO22SSi3. The highest BCUT2D eigenvalue weighted by atomic mass is 32.2. The summed E-state index contributed by atoms with van der Waals surface area (Å²) < 4.78 is 162. The third kappa shape index (κ3) is 22.6. The Bertz CT molecular complexity index is 4110. The molecule has 648 valence electrons. The lowest BCUT2D eigenvalue weighted by Gasteiger charge is -2.52. The zero-order valence-electron chi connectivity index (χ0n) is 72.0. The monoisotopic (exact) mass is 1700 g/mol. The number of aliphatic hydroxyl groups excluding tert-OH is 1. The van der Waals surface area contributed by atoms with Gasteiger partial charge in [0.1, 0.15) is 78.9 Å². The van der Waals surface area contributed by atoms with Crippen LogP contribution in [-0.2, 0) is 123 Å². The van der Waals surface area contributed by atoms with Crippen molar-refractivity contribution in [3.05, 3.63) is 216 Å². The summed E-state index contributed by atoms with van der Waals surface area (Å²) in [6, 6.07) is 52.7. The number of fused-ring (bicyclic) bond motifs is 1. The molecule has 0 aliphatic carbocycles. The summed E-state index contributed by atoms with van der Waals surface area (Å²) in [7, 11) is -11.6. The lowest BCUT2D eigenvalue weighted by atomic mass is 9.94. The van der Waals surface area contributed by atoms with Gasteiger partial charge in [0, 0.05) is 0 Å². The predicted octanol–water partition coefficient (Wildman–Crippen LogP) is 16.8. The summed E-state index contributed by atoms with van der Waals surface area (Å²) in [5.74, 6) is 0.621. The molecule has 18 atom stereocenters. The van der Waals surface area contributed by atoms with E-state index < -0.39 is 157 Å². The van der Waals surface area contributed by atoms with Crippen molar-refractivity contribution < 1.29 is 103 Å². The molecule has 0 radical (unpaired) electrons. The number of benzene rings is 6. The van der Waals surface area contributed by atoms with Crippen molar-refractivity contribution in [3.8, 4) is 5.75 Å². The minimum atomic E-state index is -4.69. The van der Waals surface area contributed by atoms with Crippen LogP contribution in [0.2, 0.25) is 51.4 Å². The van der Waals surface area contributed by atoms with Crippen LogP contribution in [0.1, 0.15) is 132 Å². The van der Waals surface area contributed by atoms with Crippen molar-refractivity contribution in [2.45, 2.75) is 304 Å². The average Bonchev–Trinajstić information content (AvgIpc) is 1.30. The molecule has 0 saturated carbocycles. The van der Waals surface area contributed by atoms with E-state index in [1.165, 1.54) is 12.1 Å². The molecule has 5 heterocycles. The Hall–Kier alpha value is -6.11. The average molecular weight is 1710 g/mol. The highest BCUT2D eigenvalue weighted by molar-refractivity contribution is 7.89. The van der Waals surface area contributed by atoms with Gasteiger partial charge in [-0.2, -0.15) is 0 Å². The molecular weight excluding hydrogens is 1580 g/mol. The van der Waals surface area contributed by atoms with Gasteiger partial charge in [0.25, 0.3) is 0 Å². The Balaban J connectivity index is 1.10. The Labute approximate surface area is 703 Å². The molecule has 6 aromatic rings. The molecule has 5 aliphatic rings. The number of nitrogens with one attached hydrogen (secondary N) is 1. The van der Waals surface area contributed by atoms with E-state index in [0.29, 0.717) is 5.75 Å². The molecule has 11 rings (SSSR count). The smallest absolute Gasteiger partial charge is 0.497 e. The van der Waals surface area contributed by atoms with Crippen LogP contribution in [0.15, 0.2) is 193 Å². The first-order chi connectivity index (χ1) is 56.3. The molecule has 0 amide bonds. The molecule has 6 aromatic carbocycles. The van der Waals surface area contributed by atoms with Crippen LogP contribution >= 0.6 is 0 Å². The number of rotatable bonds is 41. The Kier molecular flexibility index (Phi) is 32.8. The Morgan fingerprint density at radius 2 is 0.864 bits per heavy atom. The van der Waals surface area contributed by atoms with Gasteiger partial charge in [-0.3, -0.25) is 0 Å². The van der Waals surface area contributed by atoms with E-state index in [4.69, 9.17) is 84.3 Å². The topological polar surface area (TPSA) is 250 Å². The molecule has 118 heavy (non-hydrogen) atoms. The lowest BCUT2D eigenvalue weighted by Crippen LogP contribution is -2.71. The third-order valence-corrected chi connectivity index (χ3v) is 42.5. The van der Waals surface area contributed by atoms with Crippen molar-refractivity contribution in [2.75, 3.05) is 33.5 Å². The second-order valence-corrected chi connectivity index (χ2v) is 52.4. The predicted molar refractivity (Wildman–Crippen MR) is 456 cm³/mol. The van der Waals surface area contributed by atoms with Gasteiger partial charge < -0.3 is 89.4 Å². The van der Waals surface area contributed by atoms with Crippen LogP contribution < -0.4 is 9.46 Å². The zero-order chi connectivity index (χ0) is 84.7. The molecule has 5 aliphatic heterocycles. The minimum absolute atomic E-state index is 0.00486. The third-order valence-electron chi connectivity index (χ3n) is 24.4. The SMILES string of the molecule is COc1ccc(CO[C@H]2[C@@H](O[C@@H]3O[C@H](CO[Si](C(C)C)(C(C)C)C(C)C)[C@H](O)[C@H](O[C@@H]4O[C@H](CO[Si](C(C)C)(C(C)C)C(C)C)[C@@H]5OC(=O)O[C@@H]5[C@H]4O[Si](C)(C)C(C)(C)C)[C@H]3NS(=O)(=O)c3ccccc3)[C@@H](COCc3ccccc3)O[C@@H](O[C@H]3[C@H](OCc4ccccc4)C=CO[C@@H]3COCc3ccccc3)[C@@H]2OCc2ccccc2)cc1. The largest absolute Gasteiger partial charge is 0.509 e. The number of sulfonamides is 1. The van der Waals surface area contributed by atoms with Crippen LogP contribution in [0.25, 0.3) is 0 Å². The van der Waals surface area contributed by atoms with E-state index in [0.717, 1.165) is 27.8 Å². The van der Waals surface area contributed by atoms with Gasteiger partial charge >= 0.3 is 6.16 Å². The quantitative estimate of drug-likeness (QED) is 0.0267. The van der Waals surface area contributed by atoms with E-state index in [9.17, 15) is 9.90 Å². The number of carbonyl (C=O) groups is 1. The fourth-order valence-electron chi connectivity index (χ4n) is 17.4. The number of methoxy groups -OCH3 is 1. The first-order valence-corrected chi connectivity index (χ1v) is 50.6. The van der Waals surface area contributed by atoms with Crippen molar-refractivity contribution in [2.24, 2.45) is 0 Å². The number of aliphatic hydroxyl groups is 1. The van der Waals surface area contributed by atoms with Gasteiger partial charge in [-0.25, -0.2) is 17.9 Å². The maximum Gasteiger partial charge on any atom is 0.509 e. The van der Waals surface area contributed by atoms with Crippen LogP contribution in [0.3, 0.4) is 0 Å². The molecule has 23 nitrogen and oxygen atoms in total. The fraction of sp³-hybridized carbons (Fsp3) is 0.571. The molecule has 27 heteroatoms. The van der Waals surface area contributed by atoms with E-state index >= 15 is 8.42 Å². The molecule has 2 N–H and O–H groups in total. The summed E-state index contributed by atoms with van der Waals surface area (Å²) in [6.07, 6.45) is -19.2. The van der Waals surface area contributed by atoms with Gasteiger partial charge in [0.15, 0.2) is 62.1 Å². The summed E-state index contributed by atoms with van der Waals surface area (Å²) in [6.45, 7) is 36.6. The number of carbonyl (C=O) groups excluding carboxylic acids is 1. The maximum atomic E-state index is 15.9. The van der Waals surface area contributed by atoms with E-state index in [1.807, 2.05) is 152 Å². The summed E-state index contributed by atoms with van der Waals surface area (Å²) in [4.78, 5) is 13.9. The van der Waals surface area contributed by atoms with Crippen LogP contribution in [0.4, 0.5) is 4.79 Å². The second-order valence-electron chi connectivity index (χ2n) is 35.0. The van der Waals surface area contributed by atoms with Crippen molar-refractivity contribution >= 4 is 41.1 Å². The molecule has 4 fully saturated rings. The number of ether oxygens (including phenoxy) is 15. The van der Waals surface area contributed by atoms with Crippen LogP contribution in [0.5, 0.6) is 5.75 Å². The van der Waals surface area contributed by atoms with Gasteiger partial charge in [0.2, 0.25) is 10.0 Å². The van der Waals surface area contributed by atoms with Crippen molar-refractivity contribution in [1.29, 1.82) is 0 Å². The molecule has 0 bridgehead atoms. The van der Waals surface area contributed by atoms with Gasteiger partial charge in [-0.1, -0.05) is 256 Å². The molecule has 0 spiro atoms. The fourth-order valence-corrected chi connectivity index (χ4v) is 30.9. The van der Waals surface area contributed by atoms with Crippen LogP contribution in [-0.4, -0.2) is 189 Å². The Morgan fingerprint density at radius 3 is 1.36 bits per heavy atom. The molecule has 0 aromatic heterocycles. The summed E-state index contributed by atoms with van der Waals surface area (Å²) in [5, 5.41) is 13.5. The van der Waals surface area contributed by atoms with Crippen molar-refractivity contribution in [1.82, 2.24) is 4.72 Å². The number of hydrogen-bond donors (Lipinski definition) is 2. The summed E-state index contributed by atoms with van der Waals surface area (Å²) >= 11 is 0. The standard InChI is InChI=1S/C91H129NO22SSi3/c1-59(2)117(60(3)4,61(5)6)104-57-73-78(93)82(111-89-86(114-116(17,18)91(13,14)15)84-81(112-90(94)113-84)76(108-89)58-105-118(62(7)8,63(9)10)64(11)12)77(92-115(95,96)71-42-32-23-33-43-71)87(106-73)110-80-75(56-99-51-66-36-26-20-27-37-66)107-88(85(103-53-68-40-30-22-31-41-68)83(80)102-54-69-44-46-70(97-16)47-45-69)109-79-72(101-52-67-38-28-21-29-39-67)48-49-100-74(79)55-98-50-65-34-24-19-25-35-65/h19-49,59-64,72-89,92-93H,50-58H2,1-18H3/t72-,73-,74-,75-,76-,77-,78+,79+,80+,81+,82-,83+,84+,85-,86-,87+,88+,89+/m1/s1. The second kappa shape index (κ2) is 41.8. The zero-order valence-corrected chi connectivity index (χ0v) is 75.9. The van der Waals surface area contributed by atoms with Gasteiger partial charge in [-0.15, -0.1) is 0 Å². The van der Waals surface area contributed by atoms with Crippen molar-refractivity contribution in [3.63, 3.8) is 0 Å². The first kappa shape index (κ1) is 92.6. The highest BCUT2D eigenvalue weighted by Crippen LogP contribution is 2.48. The lowest BCUT2D eigenvalue weighted by molar-refractivity contribution is -0.376. The van der Waals surface area contributed by atoms with Crippen LogP contribution in [0, 0.1) is 0 Å². The van der Waals surface area contributed by atoms with Gasteiger partial charge in [-0.05, 0) is 110 Å². The van der Waals surface area contributed by atoms with E-state index in [2.05, 4.69) is 122 Å².